The minimum Gasteiger partial charge on any atom is -0.423 e. The number of hydrogen-bond acceptors (Lipinski definition) is 5. The van der Waals surface area contributed by atoms with E-state index in [1.165, 1.54) is 16.3 Å². The van der Waals surface area contributed by atoms with Crippen LogP contribution in [0.1, 0.15) is 25.3 Å². The minimum atomic E-state index is 0.459. The molecule has 0 radical (unpaired) electrons. The van der Waals surface area contributed by atoms with Gasteiger partial charge in [0.15, 0.2) is 10.7 Å². The molecule has 28 heavy (non-hydrogen) atoms. The predicted octanol–water partition coefficient (Wildman–Crippen LogP) is 6.97. The normalized spacial score (nSPS) is 11.5. The average Bonchev–Trinajstić information content (AvgIpc) is 3.33. The number of nitrogens with zero attached hydrogens (tertiary/aromatic N) is 2. The molecule has 5 heteroatoms. The molecule has 2 aromatic heterocycles. The third-order valence-electron chi connectivity index (χ3n) is 4.84. The molecular formula is C23H19N3OS. The second-order valence-corrected chi connectivity index (χ2v) is 7.98. The molecule has 0 aliphatic rings. The molecule has 0 spiro atoms. The van der Waals surface area contributed by atoms with E-state index >= 15 is 0 Å². The van der Waals surface area contributed by atoms with Crippen molar-refractivity contribution in [3.05, 3.63) is 71.6 Å². The van der Waals surface area contributed by atoms with Crippen LogP contribution in [-0.4, -0.2) is 9.97 Å². The quantitative estimate of drug-likeness (QED) is 0.363. The molecule has 138 valence electrons. The lowest BCUT2D eigenvalue weighted by Gasteiger charge is -2.02. The van der Waals surface area contributed by atoms with E-state index in [4.69, 9.17) is 9.40 Å². The molecule has 0 saturated heterocycles. The number of oxazole rings is 1. The van der Waals surface area contributed by atoms with Gasteiger partial charge in [0.05, 0.1) is 5.69 Å². The molecule has 0 unspecified atom stereocenters. The van der Waals surface area contributed by atoms with Gasteiger partial charge in [-0.2, -0.15) is 4.98 Å². The Labute approximate surface area is 166 Å². The van der Waals surface area contributed by atoms with Gasteiger partial charge in [-0.1, -0.05) is 56.3 Å². The largest absolute Gasteiger partial charge is 0.423 e. The topological polar surface area (TPSA) is 51.0 Å². The molecule has 5 aromatic rings. The number of thiazole rings is 1. The smallest absolute Gasteiger partial charge is 0.302 e. The van der Waals surface area contributed by atoms with E-state index in [1.54, 1.807) is 11.3 Å². The van der Waals surface area contributed by atoms with Crippen molar-refractivity contribution >= 4 is 44.4 Å². The highest BCUT2D eigenvalue weighted by Crippen LogP contribution is 2.30. The van der Waals surface area contributed by atoms with Crippen LogP contribution in [0.25, 0.3) is 33.1 Å². The van der Waals surface area contributed by atoms with Crippen LogP contribution >= 0.6 is 11.3 Å². The first-order valence-electron chi connectivity index (χ1n) is 9.28. The van der Waals surface area contributed by atoms with E-state index < -0.39 is 0 Å². The van der Waals surface area contributed by atoms with Crippen molar-refractivity contribution < 1.29 is 4.42 Å². The van der Waals surface area contributed by atoms with Gasteiger partial charge >= 0.3 is 6.01 Å². The van der Waals surface area contributed by atoms with Crippen LogP contribution in [0.15, 0.2) is 70.5 Å². The van der Waals surface area contributed by atoms with Crippen molar-refractivity contribution in [3.8, 4) is 11.3 Å². The van der Waals surface area contributed by atoms with Crippen molar-refractivity contribution in [2.75, 3.05) is 5.32 Å². The van der Waals surface area contributed by atoms with Gasteiger partial charge in [0.2, 0.25) is 0 Å². The number of fused-ring (bicyclic) bond motifs is 2. The van der Waals surface area contributed by atoms with Crippen molar-refractivity contribution in [1.29, 1.82) is 0 Å². The molecule has 0 atom stereocenters. The van der Waals surface area contributed by atoms with Gasteiger partial charge < -0.3 is 4.42 Å². The number of benzene rings is 3. The van der Waals surface area contributed by atoms with E-state index in [9.17, 15) is 0 Å². The summed E-state index contributed by atoms with van der Waals surface area (Å²) in [5.74, 6) is 0.459. The molecule has 0 aliphatic heterocycles. The first kappa shape index (κ1) is 17.0. The van der Waals surface area contributed by atoms with Gasteiger partial charge in [-0.15, -0.1) is 11.3 Å². The Morgan fingerprint density at radius 3 is 2.64 bits per heavy atom. The van der Waals surface area contributed by atoms with E-state index in [1.807, 2.05) is 11.4 Å². The highest BCUT2D eigenvalue weighted by Gasteiger charge is 2.11. The molecule has 0 bridgehead atoms. The molecule has 0 fully saturated rings. The first-order chi connectivity index (χ1) is 13.7. The molecule has 1 N–H and O–H groups in total. The van der Waals surface area contributed by atoms with Crippen LogP contribution in [0.5, 0.6) is 0 Å². The predicted molar refractivity (Wildman–Crippen MR) is 116 cm³/mol. The fourth-order valence-electron chi connectivity index (χ4n) is 3.26. The number of nitrogens with one attached hydrogen (secondary N) is 1. The molecule has 3 aromatic carbocycles. The Morgan fingerprint density at radius 1 is 0.929 bits per heavy atom. The first-order valence-corrected chi connectivity index (χ1v) is 10.2. The molecule has 2 heterocycles. The zero-order chi connectivity index (χ0) is 19.1. The van der Waals surface area contributed by atoms with Gasteiger partial charge in [0.1, 0.15) is 5.52 Å². The second-order valence-electron chi connectivity index (χ2n) is 7.13. The number of aromatic nitrogens is 2. The van der Waals surface area contributed by atoms with Crippen LogP contribution in [-0.2, 0) is 0 Å². The van der Waals surface area contributed by atoms with Crippen LogP contribution in [0, 0.1) is 0 Å². The van der Waals surface area contributed by atoms with Gasteiger partial charge in [-0.25, -0.2) is 4.98 Å². The maximum Gasteiger partial charge on any atom is 0.302 e. The van der Waals surface area contributed by atoms with Crippen molar-refractivity contribution in [2.45, 2.75) is 19.8 Å². The van der Waals surface area contributed by atoms with Gasteiger partial charge in [-0.3, -0.25) is 5.32 Å². The molecule has 0 amide bonds. The number of rotatable bonds is 4. The van der Waals surface area contributed by atoms with Crippen LogP contribution in [0.2, 0.25) is 0 Å². The summed E-state index contributed by atoms with van der Waals surface area (Å²) in [5, 5.41) is 8.45. The highest BCUT2D eigenvalue weighted by molar-refractivity contribution is 7.14. The van der Waals surface area contributed by atoms with Crippen molar-refractivity contribution in [1.82, 2.24) is 9.97 Å². The Kier molecular flexibility index (Phi) is 4.10. The van der Waals surface area contributed by atoms with E-state index in [0.717, 1.165) is 27.5 Å². The third kappa shape index (κ3) is 3.14. The van der Waals surface area contributed by atoms with E-state index in [0.29, 0.717) is 11.9 Å². The zero-order valence-corrected chi connectivity index (χ0v) is 16.5. The van der Waals surface area contributed by atoms with Crippen molar-refractivity contribution in [3.63, 3.8) is 0 Å². The monoisotopic (exact) mass is 385 g/mol. The lowest BCUT2D eigenvalue weighted by molar-refractivity contribution is 0.623. The Bertz CT molecular complexity index is 1290. The van der Waals surface area contributed by atoms with Crippen LogP contribution in [0.3, 0.4) is 0 Å². The molecule has 4 nitrogen and oxygen atoms in total. The Hall–Kier alpha value is -3.18. The SMILES string of the molecule is CC(C)c1ccc2oc(Nc3nc(-c4ccc5ccccc5c4)cs3)nc2c1. The lowest BCUT2D eigenvalue weighted by atomic mass is 10.0. The van der Waals surface area contributed by atoms with Crippen molar-refractivity contribution in [2.24, 2.45) is 0 Å². The summed E-state index contributed by atoms with van der Waals surface area (Å²) in [6.45, 7) is 4.34. The van der Waals surface area contributed by atoms with Gasteiger partial charge in [0.25, 0.3) is 0 Å². The average molecular weight is 385 g/mol. The lowest BCUT2D eigenvalue weighted by Crippen LogP contribution is -1.89. The molecule has 0 aliphatic carbocycles. The van der Waals surface area contributed by atoms with Crippen LogP contribution < -0.4 is 5.32 Å². The highest BCUT2D eigenvalue weighted by atomic mass is 32.1. The fourth-order valence-corrected chi connectivity index (χ4v) is 3.97. The fraction of sp³-hybridized carbons (Fsp3) is 0.130. The molecular weight excluding hydrogens is 366 g/mol. The maximum atomic E-state index is 5.82. The van der Waals surface area contributed by atoms with E-state index in [2.05, 4.69) is 78.7 Å². The maximum absolute atomic E-state index is 5.82. The molecule has 5 rings (SSSR count). The van der Waals surface area contributed by atoms with Gasteiger partial charge in [0, 0.05) is 10.9 Å². The van der Waals surface area contributed by atoms with E-state index in [-0.39, 0.29) is 0 Å². The second kappa shape index (κ2) is 6.77. The minimum absolute atomic E-state index is 0.459. The number of anilines is 2. The summed E-state index contributed by atoms with van der Waals surface area (Å²) in [6.07, 6.45) is 0. The summed E-state index contributed by atoms with van der Waals surface area (Å²) in [4.78, 5) is 9.27. The summed E-state index contributed by atoms with van der Waals surface area (Å²) in [5.41, 5.74) is 4.93. The number of hydrogen-bond donors (Lipinski definition) is 1. The molecule has 0 saturated carbocycles. The summed E-state index contributed by atoms with van der Waals surface area (Å²) in [7, 11) is 0. The zero-order valence-electron chi connectivity index (χ0n) is 15.6. The summed E-state index contributed by atoms with van der Waals surface area (Å²) < 4.78 is 5.82. The van der Waals surface area contributed by atoms with Crippen LogP contribution in [0.4, 0.5) is 11.1 Å². The summed E-state index contributed by atoms with van der Waals surface area (Å²) >= 11 is 1.54. The Balaban J connectivity index is 1.42. The van der Waals surface area contributed by atoms with Gasteiger partial charge in [-0.05, 0) is 40.5 Å². The Morgan fingerprint density at radius 2 is 1.79 bits per heavy atom. The standard InChI is InChI=1S/C23H19N3OS/c1-14(2)16-9-10-21-19(12-16)24-22(27-21)26-23-25-20(13-28-23)18-8-7-15-5-3-4-6-17(15)11-18/h3-14H,1-2H3,(H,24,25,26). The summed E-state index contributed by atoms with van der Waals surface area (Å²) in [6, 6.07) is 21.4. The third-order valence-corrected chi connectivity index (χ3v) is 5.60.